The smallest absolute Gasteiger partial charge is 0.256 e. The molecule has 0 bridgehead atoms. The van der Waals surface area contributed by atoms with Crippen molar-refractivity contribution in [3.8, 4) is 11.1 Å². The van der Waals surface area contributed by atoms with Gasteiger partial charge < -0.3 is 10.2 Å². The molecule has 164 valence electrons. The number of rotatable bonds is 5. The number of nitrogens with zero attached hydrogens (tertiary/aromatic N) is 2. The van der Waals surface area contributed by atoms with Crippen LogP contribution in [0.1, 0.15) is 27.2 Å². The monoisotopic (exact) mass is 453 g/mol. The summed E-state index contributed by atoms with van der Waals surface area (Å²) in [6.45, 7) is 2.69. The Labute approximate surface area is 196 Å². The van der Waals surface area contributed by atoms with Gasteiger partial charge in [0.1, 0.15) is 0 Å². The third-order valence-corrected chi connectivity index (χ3v) is 6.52. The summed E-state index contributed by atoms with van der Waals surface area (Å²) in [6, 6.07) is 21.5. The molecule has 5 nitrogen and oxygen atoms in total. The average molecular weight is 454 g/mol. The predicted molar refractivity (Wildman–Crippen MR) is 133 cm³/mol. The molecule has 6 heteroatoms. The Kier molecular flexibility index (Phi) is 5.75. The number of carbonyl (C=O) groups is 2. The highest BCUT2D eigenvalue weighted by Gasteiger charge is 2.25. The number of benzene rings is 3. The van der Waals surface area contributed by atoms with E-state index in [0.29, 0.717) is 18.5 Å². The molecule has 0 unspecified atom stereocenters. The zero-order valence-corrected chi connectivity index (χ0v) is 19.1. The Morgan fingerprint density at radius 1 is 1.06 bits per heavy atom. The fourth-order valence-electron chi connectivity index (χ4n) is 4.18. The van der Waals surface area contributed by atoms with E-state index >= 15 is 0 Å². The molecule has 3 aromatic carbocycles. The highest BCUT2D eigenvalue weighted by molar-refractivity contribution is 7.07. The number of nitrogens with one attached hydrogen (secondary N) is 1. The number of anilines is 2. The number of aromatic nitrogens is 1. The van der Waals surface area contributed by atoms with Gasteiger partial charge in [-0.3, -0.25) is 9.59 Å². The van der Waals surface area contributed by atoms with E-state index in [-0.39, 0.29) is 11.8 Å². The van der Waals surface area contributed by atoms with Crippen LogP contribution < -0.4 is 10.2 Å². The average Bonchev–Trinajstić information content (AvgIpc) is 3.49. The molecule has 4 aromatic rings. The summed E-state index contributed by atoms with van der Waals surface area (Å²) in [6.07, 6.45) is 1.07. The van der Waals surface area contributed by atoms with E-state index in [1.165, 1.54) is 16.9 Å². The fraction of sp³-hybridized carbons (Fsp3) is 0.148. The lowest BCUT2D eigenvalue weighted by atomic mass is 9.98. The zero-order chi connectivity index (χ0) is 22.8. The van der Waals surface area contributed by atoms with Gasteiger partial charge in [0.05, 0.1) is 17.6 Å². The molecular weight excluding hydrogens is 430 g/mol. The topological polar surface area (TPSA) is 62.3 Å². The van der Waals surface area contributed by atoms with Crippen molar-refractivity contribution in [2.24, 2.45) is 0 Å². The number of amides is 2. The van der Waals surface area contributed by atoms with Crippen LogP contribution in [0.2, 0.25) is 0 Å². The second-order valence-corrected chi connectivity index (χ2v) is 8.88. The summed E-state index contributed by atoms with van der Waals surface area (Å²) in [7, 11) is 0. The molecule has 1 aliphatic heterocycles. The lowest BCUT2D eigenvalue weighted by Crippen LogP contribution is -2.30. The molecule has 0 saturated heterocycles. The standard InChI is InChI=1S/C27H23N3O2S/c1-18-6-8-19(9-7-18)23-4-2-3-5-24(23)27(32)29-21-10-11-25-20(14-21)12-13-30(25)26(31)15-22-16-33-17-28-22/h2-11,14,16-17H,12-13,15H2,1H3,(H,29,32). The van der Waals surface area contributed by atoms with E-state index in [1.807, 2.05) is 83.9 Å². The zero-order valence-electron chi connectivity index (χ0n) is 18.2. The van der Waals surface area contributed by atoms with Crippen molar-refractivity contribution in [1.29, 1.82) is 0 Å². The van der Waals surface area contributed by atoms with Crippen molar-refractivity contribution in [2.45, 2.75) is 19.8 Å². The number of hydrogen-bond acceptors (Lipinski definition) is 4. The fourth-order valence-corrected chi connectivity index (χ4v) is 4.74. The maximum Gasteiger partial charge on any atom is 0.256 e. The summed E-state index contributed by atoms with van der Waals surface area (Å²) < 4.78 is 0. The quantitative estimate of drug-likeness (QED) is 0.434. The van der Waals surface area contributed by atoms with Gasteiger partial charge in [-0.15, -0.1) is 11.3 Å². The number of carbonyl (C=O) groups excluding carboxylic acids is 2. The molecule has 0 fully saturated rings. The highest BCUT2D eigenvalue weighted by atomic mass is 32.1. The third-order valence-electron chi connectivity index (χ3n) is 5.88. The van der Waals surface area contributed by atoms with Crippen LogP contribution >= 0.6 is 11.3 Å². The Bertz CT molecular complexity index is 1310. The molecule has 0 saturated carbocycles. The Morgan fingerprint density at radius 2 is 1.88 bits per heavy atom. The number of aryl methyl sites for hydroxylation is 1. The van der Waals surface area contributed by atoms with Gasteiger partial charge in [-0.05, 0) is 54.3 Å². The molecule has 33 heavy (non-hydrogen) atoms. The van der Waals surface area contributed by atoms with E-state index in [1.54, 1.807) is 5.51 Å². The molecule has 5 rings (SSSR count). The number of thiazole rings is 1. The van der Waals surface area contributed by atoms with Gasteiger partial charge in [0.2, 0.25) is 5.91 Å². The SMILES string of the molecule is Cc1ccc(-c2ccccc2C(=O)Nc2ccc3c(c2)CCN3C(=O)Cc2cscn2)cc1. The molecule has 2 amide bonds. The molecule has 0 radical (unpaired) electrons. The van der Waals surface area contributed by atoms with Crippen LogP contribution in [0.3, 0.4) is 0 Å². The van der Waals surface area contributed by atoms with Crippen LogP contribution in [0.25, 0.3) is 11.1 Å². The molecule has 1 aromatic heterocycles. The summed E-state index contributed by atoms with van der Waals surface area (Å²) in [4.78, 5) is 31.9. The normalized spacial score (nSPS) is 12.5. The predicted octanol–water partition coefficient (Wildman–Crippen LogP) is 5.50. The van der Waals surface area contributed by atoms with Crippen LogP contribution in [-0.2, 0) is 17.6 Å². The van der Waals surface area contributed by atoms with Crippen LogP contribution in [0.4, 0.5) is 11.4 Å². The maximum atomic E-state index is 13.1. The van der Waals surface area contributed by atoms with Gasteiger partial charge in [0.15, 0.2) is 0 Å². The number of fused-ring (bicyclic) bond motifs is 1. The minimum Gasteiger partial charge on any atom is -0.322 e. The third kappa shape index (κ3) is 4.43. The van der Waals surface area contributed by atoms with Crippen molar-refractivity contribution in [2.75, 3.05) is 16.8 Å². The van der Waals surface area contributed by atoms with Gasteiger partial charge in [0, 0.05) is 28.9 Å². The van der Waals surface area contributed by atoms with Gasteiger partial charge in [0.25, 0.3) is 5.91 Å². The first kappa shape index (κ1) is 21.1. The van der Waals surface area contributed by atoms with E-state index in [9.17, 15) is 9.59 Å². The second-order valence-electron chi connectivity index (χ2n) is 8.16. The van der Waals surface area contributed by atoms with Crippen molar-refractivity contribution in [1.82, 2.24) is 4.98 Å². The van der Waals surface area contributed by atoms with Gasteiger partial charge in [-0.1, -0.05) is 48.0 Å². The van der Waals surface area contributed by atoms with Gasteiger partial charge in [-0.2, -0.15) is 0 Å². The van der Waals surface area contributed by atoms with E-state index in [4.69, 9.17) is 0 Å². The van der Waals surface area contributed by atoms with Gasteiger partial charge >= 0.3 is 0 Å². The first-order valence-corrected chi connectivity index (χ1v) is 11.8. The number of hydrogen-bond donors (Lipinski definition) is 1. The molecule has 0 spiro atoms. The largest absolute Gasteiger partial charge is 0.322 e. The van der Waals surface area contributed by atoms with Crippen LogP contribution in [-0.4, -0.2) is 23.3 Å². The molecule has 2 heterocycles. The Morgan fingerprint density at radius 3 is 2.67 bits per heavy atom. The van der Waals surface area contributed by atoms with Crippen molar-refractivity contribution in [3.05, 3.63) is 100 Å². The van der Waals surface area contributed by atoms with Crippen molar-refractivity contribution < 1.29 is 9.59 Å². The molecule has 0 atom stereocenters. The van der Waals surface area contributed by atoms with E-state index in [2.05, 4.69) is 10.3 Å². The summed E-state index contributed by atoms with van der Waals surface area (Å²) in [5, 5.41) is 4.94. The second kappa shape index (κ2) is 9.00. The Hall–Kier alpha value is -3.77. The Balaban J connectivity index is 1.34. The first-order chi connectivity index (χ1) is 16.1. The lowest BCUT2D eigenvalue weighted by molar-refractivity contribution is -0.117. The van der Waals surface area contributed by atoms with Crippen LogP contribution in [0, 0.1) is 6.92 Å². The summed E-state index contributed by atoms with van der Waals surface area (Å²) >= 11 is 1.49. The summed E-state index contributed by atoms with van der Waals surface area (Å²) in [5.41, 5.74) is 8.96. The molecule has 0 aliphatic carbocycles. The van der Waals surface area contributed by atoms with E-state index in [0.717, 1.165) is 40.2 Å². The maximum absolute atomic E-state index is 13.1. The molecule has 1 N–H and O–H groups in total. The van der Waals surface area contributed by atoms with Gasteiger partial charge in [-0.25, -0.2) is 4.98 Å². The van der Waals surface area contributed by atoms with Crippen molar-refractivity contribution in [3.63, 3.8) is 0 Å². The van der Waals surface area contributed by atoms with Crippen LogP contribution in [0.15, 0.2) is 77.6 Å². The minimum absolute atomic E-state index is 0.0449. The lowest BCUT2D eigenvalue weighted by Gasteiger charge is -2.17. The molecule has 1 aliphatic rings. The summed E-state index contributed by atoms with van der Waals surface area (Å²) in [5.74, 6) is -0.107. The van der Waals surface area contributed by atoms with E-state index < -0.39 is 0 Å². The minimum atomic E-state index is -0.152. The first-order valence-electron chi connectivity index (χ1n) is 10.9. The van der Waals surface area contributed by atoms with Crippen LogP contribution in [0.5, 0.6) is 0 Å². The highest BCUT2D eigenvalue weighted by Crippen LogP contribution is 2.32. The van der Waals surface area contributed by atoms with Crippen molar-refractivity contribution >= 4 is 34.5 Å². The molecular formula is C27H23N3O2S.